The minimum Gasteiger partial charge on any atom is -0.494 e. The largest absolute Gasteiger partial charge is 0.494 e. The fraction of sp³-hybridized carbons (Fsp3) is 0.0833. The highest BCUT2D eigenvalue weighted by atomic mass is 35.5. The van der Waals surface area contributed by atoms with Crippen molar-refractivity contribution in [2.45, 2.75) is 0 Å². The van der Waals surface area contributed by atoms with Gasteiger partial charge in [-0.1, -0.05) is 11.6 Å². The van der Waals surface area contributed by atoms with Gasteiger partial charge in [-0.25, -0.2) is 14.4 Å². The van der Waals surface area contributed by atoms with Crippen LogP contribution in [0.1, 0.15) is 10.4 Å². The Hall–Kier alpha value is -2.21. The Labute approximate surface area is 113 Å². The third kappa shape index (κ3) is 2.79. The van der Waals surface area contributed by atoms with Crippen LogP contribution >= 0.6 is 11.6 Å². The Morgan fingerprint density at radius 1 is 1.42 bits per heavy atom. The van der Waals surface area contributed by atoms with Gasteiger partial charge in [0, 0.05) is 6.07 Å². The number of anilines is 2. The molecule has 0 aliphatic carbocycles. The molecule has 7 heteroatoms. The number of aromatic nitrogens is 2. The first-order chi connectivity index (χ1) is 9.15. The average Bonchev–Trinajstić information content (AvgIpc) is 2.41. The lowest BCUT2D eigenvalue weighted by atomic mass is 10.2. The van der Waals surface area contributed by atoms with Crippen LogP contribution in [-0.4, -0.2) is 23.4 Å². The molecule has 98 valence electrons. The molecule has 0 fully saturated rings. The summed E-state index contributed by atoms with van der Waals surface area (Å²) in [7, 11) is 1.41. The van der Waals surface area contributed by atoms with Crippen LogP contribution in [0, 0.1) is 5.82 Å². The first kappa shape index (κ1) is 13.2. The molecule has 0 unspecified atom stereocenters. The maximum atomic E-state index is 13.1. The van der Waals surface area contributed by atoms with E-state index in [1.165, 1.54) is 31.6 Å². The van der Waals surface area contributed by atoms with Gasteiger partial charge in [0.15, 0.2) is 6.29 Å². The number of halogens is 2. The van der Waals surface area contributed by atoms with E-state index < -0.39 is 5.82 Å². The highest BCUT2D eigenvalue weighted by Crippen LogP contribution is 2.29. The van der Waals surface area contributed by atoms with Crippen molar-refractivity contribution >= 4 is 29.4 Å². The second-order valence-electron chi connectivity index (χ2n) is 3.51. The van der Waals surface area contributed by atoms with Gasteiger partial charge in [-0.15, -0.1) is 0 Å². The van der Waals surface area contributed by atoms with Gasteiger partial charge in [-0.3, -0.25) is 4.79 Å². The number of ether oxygens (including phenoxy) is 1. The van der Waals surface area contributed by atoms with Gasteiger partial charge in [0.25, 0.3) is 0 Å². The van der Waals surface area contributed by atoms with Crippen LogP contribution in [0.15, 0.2) is 24.5 Å². The minimum atomic E-state index is -0.432. The molecule has 0 saturated carbocycles. The van der Waals surface area contributed by atoms with Gasteiger partial charge >= 0.3 is 0 Å². The molecule has 1 aromatic heterocycles. The summed E-state index contributed by atoms with van der Waals surface area (Å²) in [6.07, 6.45) is 1.76. The lowest BCUT2D eigenvalue weighted by Crippen LogP contribution is -2.02. The molecule has 0 aliphatic rings. The number of methoxy groups -OCH3 is 1. The molecule has 0 saturated heterocycles. The second kappa shape index (κ2) is 5.62. The van der Waals surface area contributed by atoms with E-state index in [2.05, 4.69) is 15.3 Å². The van der Waals surface area contributed by atoms with E-state index in [1.807, 2.05) is 0 Å². The van der Waals surface area contributed by atoms with E-state index in [9.17, 15) is 9.18 Å². The summed E-state index contributed by atoms with van der Waals surface area (Å²) in [5, 5.41) is 2.89. The fourth-order valence-corrected chi connectivity index (χ4v) is 1.65. The summed E-state index contributed by atoms with van der Waals surface area (Å²) in [5.41, 5.74) is 0.581. The molecule has 0 radical (unpaired) electrons. The molecule has 19 heavy (non-hydrogen) atoms. The molecule has 0 spiro atoms. The topological polar surface area (TPSA) is 64.1 Å². The molecule has 2 rings (SSSR count). The maximum absolute atomic E-state index is 13.1. The third-order valence-corrected chi connectivity index (χ3v) is 2.67. The summed E-state index contributed by atoms with van der Waals surface area (Å²) < 4.78 is 18.1. The Balaban J connectivity index is 2.41. The van der Waals surface area contributed by atoms with Crippen LogP contribution < -0.4 is 10.1 Å². The monoisotopic (exact) mass is 281 g/mol. The van der Waals surface area contributed by atoms with E-state index in [1.54, 1.807) is 0 Å². The second-order valence-corrected chi connectivity index (χ2v) is 3.87. The average molecular weight is 282 g/mol. The lowest BCUT2D eigenvalue weighted by molar-refractivity contribution is 0.112. The number of rotatable bonds is 4. The standard InChI is InChI=1S/C12H9ClFN3O2/c1-19-10-4-7(14)2-3-9(10)17-12-8(5-18)11(13)15-6-16-12/h2-6H,1H3,(H,15,16,17). The van der Waals surface area contributed by atoms with E-state index in [-0.39, 0.29) is 22.3 Å². The lowest BCUT2D eigenvalue weighted by Gasteiger charge is -2.11. The summed E-state index contributed by atoms with van der Waals surface area (Å²) in [6, 6.07) is 3.94. The molecule has 0 bridgehead atoms. The molecule has 0 atom stereocenters. The van der Waals surface area contributed by atoms with E-state index in [4.69, 9.17) is 16.3 Å². The molecule has 1 aromatic carbocycles. The Morgan fingerprint density at radius 2 is 2.21 bits per heavy atom. The zero-order valence-electron chi connectivity index (χ0n) is 9.85. The van der Waals surface area contributed by atoms with Crippen molar-refractivity contribution in [2.24, 2.45) is 0 Å². The highest BCUT2D eigenvalue weighted by molar-refractivity contribution is 6.32. The highest BCUT2D eigenvalue weighted by Gasteiger charge is 2.11. The van der Waals surface area contributed by atoms with E-state index in [0.29, 0.717) is 12.0 Å². The Morgan fingerprint density at radius 3 is 2.89 bits per heavy atom. The van der Waals surface area contributed by atoms with Gasteiger partial charge in [0.1, 0.15) is 28.9 Å². The minimum absolute atomic E-state index is 0.0357. The van der Waals surface area contributed by atoms with Gasteiger partial charge in [0.2, 0.25) is 0 Å². The van der Waals surface area contributed by atoms with Crippen molar-refractivity contribution in [3.63, 3.8) is 0 Å². The fourth-order valence-electron chi connectivity index (χ4n) is 1.47. The summed E-state index contributed by atoms with van der Waals surface area (Å²) >= 11 is 5.78. The molecule has 0 amide bonds. The van der Waals surface area contributed by atoms with Crippen molar-refractivity contribution in [1.29, 1.82) is 0 Å². The first-order valence-electron chi connectivity index (χ1n) is 5.22. The molecular formula is C12H9ClFN3O2. The summed E-state index contributed by atoms with van der Waals surface area (Å²) in [4.78, 5) is 18.6. The number of nitrogens with one attached hydrogen (secondary N) is 1. The van der Waals surface area contributed by atoms with Crippen LogP contribution in [-0.2, 0) is 0 Å². The summed E-state index contributed by atoms with van der Waals surface area (Å²) in [5.74, 6) is 0.0743. The third-order valence-electron chi connectivity index (χ3n) is 2.37. The predicted molar refractivity (Wildman–Crippen MR) is 68.7 cm³/mol. The zero-order chi connectivity index (χ0) is 13.8. The quantitative estimate of drug-likeness (QED) is 0.689. The van der Waals surface area contributed by atoms with Crippen molar-refractivity contribution < 1.29 is 13.9 Å². The van der Waals surface area contributed by atoms with Crippen molar-refractivity contribution in [3.05, 3.63) is 41.1 Å². The Bertz CT molecular complexity index is 622. The van der Waals surface area contributed by atoms with Gasteiger partial charge in [0.05, 0.1) is 18.4 Å². The Kier molecular flexibility index (Phi) is 3.91. The van der Waals surface area contributed by atoms with Crippen molar-refractivity contribution in [1.82, 2.24) is 9.97 Å². The van der Waals surface area contributed by atoms with Crippen molar-refractivity contribution in [3.8, 4) is 5.75 Å². The number of hydrogen-bond donors (Lipinski definition) is 1. The van der Waals surface area contributed by atoms with Gasteiger partial charge in [-0.2, -0.15) is 0 Å². The predicted octanol–water partition coefficient (Wildman–Crippen LogP) is 2.83. The normalized spacial score (nSPS) is 10.1. The SMILES string of the molecule is COc1cc(F)ccc1Nc1ncnc(Cl)c1C=O. The van der Waals surface area contributed by atoms with Crippen LogP contribution in [0.3, 0.4) is 0 Å². The van der Waals surface area contributed by atoms with Crippen LogP contribution in [0.2, 0.25) is 5.15 Å². The first-order valence-corrected chi connectivity index (χ1v) is 5.59. The zero-order valence-corrected chi connectivity index (χ0v) is 10.6. The van der Waals surface area contributed by atoms with Crippen LogP contribution in [0.4, 0.5) is 15.9 Å². The number of hydrogen-bond acceptors (Lipinski definition) is 5. The molecular weight excluding hydrogens is 273 g/mol. The van der Waals surface area contributed by atoms with E-state index >= 15 is 0 Å². The number of carbonyl (C=O) groups is 1. The summed E-state index contributed by atoms with van der Waals surface area (Å²) in [6.45, 7) is 0. The van der Waals surface area contributed by atoms with Gasteiger partial charge < -0.3 is 10.1 Å². The maximum Gasteiger partial charge on any atom is 0.156 e. The number of nitrogens with zero attached hydrogens (tertiary/aromatic N) is 2. The smallest absolute Gasteiger partial charge is 0.156 e. The number of aldehydes is 1. The number of benzene rings is 1. The molecule has 5 nitrogen and oxygen atoms in total. The molecule has 0 aliphatic heterocycles. The van der Waals surface area contributed by atoms with Gasteiger partial charge in [-0.05, 0) is 12.1 Å². The van der Waals surface area contributed by atoms with Crippen LogP contribution in [0.5, 0.6) is 5.75 Å². The molecule has 1 N–H and O–H groups in total. The molecule has 2 aromatic rings. The number of carbonyl (C=O) groups excluding carboxylic acids is 1. The van der Waals surface area contributed by atoms with E-state index in [0.717, 1.165) is 0 Å². The van der Waals surface area contributed by atoms with Crippen LogP contribution in [0.25, 0.3) is 0 Å². The van der Waals surface area contributed by atoms with Crippen molar-refractivity contribution in [2.75, 3.05) is 12.4 Å². The molecule has 1 heterocycles.